The molecule has 5 heteroatoms. The lowest BCUT2D eigenvalue weighted by Gasteiger charge is -2.33. The fourth-order valence-electron chi connectivity index (χ4n) is 1.44. The molecule has 0 saturated carbocycles. The maximum atomic E-state index is 12.0. The largest absolute Gasteiger partial charge is 0.354 e. The van der Waals surface area contributed by atoms with Gasteiger partial charge in [0.25, 0.3) is 0 Å². The molecule has 1 aliphatic heterocycles. The summed E-state index contributed by atoms with van der Waals surface area (Å²) in [4.78, 5) is 0. The van der Waals surface area contributed by atoms with E-state index in [-0.39, 0.29) is 31.7 Å². The lowest BCUT2D eigenvalue weighted by Crippen LogP contribution is -2.49. The van der Waals surface area contributed by atoms with Crippen molar-refractivity contribution in [2.75, 3.05) is 25.8 Å². The van der Waals surface area contributed by atoms with Crippen LogP contribution in [0.3, 0.4) is 0 Å². The first-order chi connectivity index (χ1) is 6.37. The van der Waals surface area contributed by atoms with Gasteiger partial charge in [-0.05, 0) is 12.8 Å². The minimum Gasteiger partial charge on any atom is -0.354 e. The minimum absolute atomic E-state index is 0.138. The monoisotopic (exact) mass is 222 g/mol. The number of hydrogen-bond donors (Lipinski definition) is 0. The summed E-state index contributed by atoms with van der Waals surface area (Å²) in [6, 6.07) is 0. The molecule has 84 valence electrons. The van der Waals surface area contributed by atoms with Gasteiger partial charge in [0.05, 0.1) is 19.0 Å². The molecule has 1 aliphatic rings. The van der Waals surface area contributed by atoms with Gasteiger partial charge < -0.3 is 9.47 Å². The van der Waals surface area contributed by atoms with Crippen LogP contribution in [0.5, 0.6) is 0 Å². The maximum Gasteiger partial charge on any atom is 0.160 e. The highest BCUT2D eigenvalue weighted by atomic mass is 32.2. The van der Waals surface area contributed by atoms with E-state index in [0.717, 1.165) is 0 Å². The molecule has 0 N–H and O–H groups in total. The molecule has 0 aliphatic carbocycles. The van der Waals surface area contributed by atoms with E-state index in [9.17, 15) is 8.42 Å². The molecule has 0 radical (unpaired) electrons. The molecule has 1 saturated heterocycles. The Hall–Kier alpha value is -0.130. The van der Waals surface area contributed by atoms with Crippen molar-refractivity contribution in [2.24, 2.45) is 5.92 Å². The Morgan fingerprint density at radius 2 is 1.79 bits per heavy atom. The molecule has 0 aromatic heterocycles. The molecule has 0 amide bonds. The Bertz CT molecular complexity index is 275. The highest BCUT2D eigenvalue weighted by Gasteiger charge is 2.41. The third-order valence-electron chi connectivity index (χ3n) is 2.29. The van der Waals surface area contributed by atoms with Gasteiger partial charge in [0.2, 0.25) is 0 Å². The van der Waals surface area contributed by atoms with E-state index in [1.54, 1.807) is 6.92 Å². The van der Waals surface area contributed by atoms with Crippen LogP contribution in [0.2, 0.25) is 0 Å². The highest BCUT2D eigenvalue weighted by molar-refractivity contribution is 7.92. The summed E-state index contributed by atoms with van der Waals surface area (Å²) in [6.07, 6.45) is 0. The van der Waals surface area contributed by atoms with E-state index in [2.05, 4.69) is 0 Å². The number of sulfone groups is 1. The summed E-state index contributed by atoms with van der Waals surface area (Å²) in [7, 11) is -3.13. The molecular weight excluding hydrogens is 204 g/mol. The Morgan fingerprint density at radius 1 is 1.29 bits per heavy atom. The molecule has 1 heterocycles. The zero-order chi connectivity index (χ0) is 10.8. The maximum absolute atomic E-state index is 12.0. The van der Waals surface area contributed by atoms with Crippen LogP contribution in [-0.2, 0) is 19.3 Å². The normalized spacial score (nSPS) is 22.6. The highest BCUT2D eigenvalue weighted by Crippen LogP contribution is 2.24. The summed E-state index contributed by atoms with van der Waals surface area (Å²) < 4.78 is 33.2. The standard InChI is InChI=1S/C9H18O4S/c1-8(2)4-14(10,11)9(3)5-12-7-13-6-9/h8H,4-7H2,1-3H3. The van der Waals surface area contributed by atoms with Gasteiger partial charge in [-0.3, -0.25) is 0 Å². The van der Waals surface area contributed by atoms with Gasteiger partial charge >= 0.3 is 0 Å². The van der Waals surface area contributed by atoms with Crippen LogP contribution < -0.4 is 0 Å². The van der Waals surface area contributed by atoms with Crippen LogP contribution in [0.25, 0.3) is 0 Å². The second kappa shape index (κ2) is 4.16. The number of rotatable bonds is 3. The fourth-order valence-corrected chi connectivity index (χ4v) is 3.24. The van der Waals surface area contributed by atoms with Gasteiger partial charge in [0, 0.05) is 0 Å². The number of ether oxygens (including phenoxy) is 2. The average molecular weight is 222 g/mol. The van der Waals surface area contributed by atoms with Crippen molar-refractivity contribution < 1.29 is 17.9 Å². The lowest BCUT2D eigenvalue weighted by molar-refractivity contribution is -0.113. The molecule has 0 unspecified atom stereocenters. The Balaban J connectivity index is 2.78. The first-order valence-electron chi connectivity index (χ1n) is 4.75. The van der Waals surface area contributed by atoms with Gasteiger partial charge in [-0.25, -0.2) is 8.42 Å². The summed E-state index contributed by atoms with van der Waals surface area (Å²) >= 11 is 0. The van der Waals surface area contributed by atoms with Crippen LogP contribution in [-0.4, -0.2) is 38.9 Å². The minimum atomic E-state index is -3.13. The summed E-state index contributed by atoms with van der Waals surface area (Å²) in [6.45, 7) is 6.15. The molecule has 1 fully saturated rings. The molecule has 0 spiro atoms. The molecule has 0 aromatic carbocycles. The van der Waals surface area contributed by atoms with Crippen LogP contribution in [0, 0.1) is 5.92 Å². The third-order valence-corrected chi connectivity index (χ3v) is 5.13. The zero-order valence-electron chi connectivity index (χ0n) is 8.95. The predicted octanol–water partition coefficient (Wildman–Crippen LogP) is 0.820. The molecule has 0 atom stereocenters. The molecule has 4 nitrogen and oxygen atoms in total. The van der Waals surface area contributed by atoms with Gasteiger partial charge in [0.1, 0.15) is 11.5 Å². The van der Waals surface area contributed by atoms with E-state index in [1.165, 1.54) is 0 Å². The van der Waals surface area contributed by atoms with Crippen LogP contribution in [0.1, 0.15) is 20.8 Å². The van der Waals surface area contributed by atoms with Crippen LogP contribution >= 0.6 is 0 Å². The predicted molar refractivity (Wildman–Crippen MR) is 53.8 cm³/mol. The van der Waals surface area contributed by atoms with Crippen molar-refractivity contribution in [1.82, 2.24) is 0 Å². The van der Waals surface area contributed by atoms with Crippen LogP contribution in [0.4, 0.5) is 0 Å². The molecule has 0 bridgehead atoms. The average Bonchev–Trinajstić information content (AvgIpc) is 2.02. The third kappa shape index (κ3) is 2.46. The Labute approximate surface area is 85.5 Å². The van der Waals surface area contributed by atoms with E-state index in [1.807, 2.05) is 13.8 Å². The van der Waals surface area contributed by atoms with E-state index >= 15 is 0 Å². The van der Waals surface area contributed by atoms with Crippen molar-refractivity contribution >= 4 is 9.84 Å². The Kier molecular flexibility index (Phi) is 3.55. The fraction of sp³-hybridized carbons (Fsp3) is 1.00. The van der Waals surface area contributed by atoms with E-state index in [4.69, 9.17) is 9.47 Å². The summed E-state index contributed by atoms with van der Waals surface area (Å²) in [5.41, 5.74) is 0. The van der Waals surface area contributed by atoms with E-state index in [0.29, 0.717) is 0 Å². The van der Waals surface area contributed by atoms with Crippen LogP contribution in [0.15, 0.2) is 0 Å². The van der Waals surface area contributed by atoms with Crippen molar-refractivity contribution in [3.8, 4) is 0 Å². The van der Waals surface area contributed by atoms with Gasteiger partial charge in [-0.1, -0.05) is 13.8 Å². The molecule has 0 aromatic rings. The molecule has 1 rings (SSSR count). The summed E-state index contributed by atoms with van der Waals surface area (Å²) in [5.74, 6) is 0.328. The van der Waals surface area contributed by atoms with Crippen molar-refractivity contribution in [3.63, 3.8) is 0 Å². The van der Waals surface area contributed by atoms with Crippen molar-refractivity contribution in [1.29, 1.82) is 0 Å². The smallest absolute Gasteiger partial charge is 0.160 e. The summed E-state index contributed by atoms with van der Waals surface area (Å²) in [5, 5.41) is 0. The SMILES string of the molecule is CC(C)CS(=O)(=O)C1(C)COCOC1. The number of hydrogen-bond acceptors (Lipinski definition) is 4. The Morgan fingerprint density at radius 3 is 2.21 bits per heavy atom. The lowest BCUT2D eigenvalue weighted by atomic mass is 10.2. The van der Waals surface area contributed by atoms with E-state index < -0.39 is 14.6 Å². The first-order valence-corrected chi connectivity index (χ1v) is 6.40. The quantitative estimate of drug-likeness (QED) is 0.709. The molecule has 14 heavy (non-hydrogen) atoms. The van der Waals surface area contributed by atoms with Gasteiger partial charge in [-0.15, -0.1) is 0 Å². The second-order valence-electron chi connectivity index (χ2n) is 4.44. The molecular formula is C9H18O4S. The first kappa shape index (κ1) is 11.9. The zero-order valence-corrected chi connectivity index (χ0v) is 9.76. The second-order valence-corrected chi connectivity index (χ2v) is 6.99. The van der Waals surface area contributed by atoms with Crippen molar-refractivity contribution in [3.05, 3.63) is 0 Å². The van der Waals surface area contributed by atoms with Crippen molar-refractivity contribution in [2.45, 2.75) is 25.5 Å². The topological polar surface area (TPSA) is 52.6 Å². The van der Waals surface area contributed by atoms with Gasteiger partial charge in [0.15, 0.2) is 9.84 Å². The van der Waals surface area contributed by atoms with Gasteiger partial charge in [-0.2, -0.15) is 0 Å².